The third-order valence-electron chi connectivity index (χ3n) is 4.87. The summed E-state index contributed by atoms with van der Waals surface area (Å²) in [5, 5.41) is 3.21. The van der Waals surface area contributed by atoms with Gasteiger partial charge in [-0.05, 0) is 57.8 Å². The first-order valence-electron chi connectivity index (χ1n) is 8.72. The van der Waals surface area contributed by atoms with Gasteiger partial charge in [-0.25, -0.2) is 4.98 Å². The lowest BCUT2D eigenvalue weighted by molar-refractivity contribution is 0.0687. The van der Waals surface area contributed by atoms with Crippen molar-refractivity contribution < 1.29 is 4.79 Å². The van der Waals surface area contributed by atoms with Crippen molar-refractivity contribution in [2.75, 3.05) is 26.7 Å². The van der Waals surface area contributed by atoms with Crippen LogP contribution in [0.4, 0.5) is 0 Å². The van der Waals surface area contributed by atoms with Crippen LogP contribution >= 0.6 is 24.8 Å². The maximum Gasteiger partial charge on any atom is 0.255 e. The van der Waals surface area contributed by atoms with E-state index in [0.29, 0.717) is 0 Å². The molecule has 0 bridgehead atoms. The standard InChI is InChI=1S/C19H26N4O.2ClH/c1-15-3-4-18(23-12-9-21-14-23)17(13-15)19(24)22-10-6-16(7-11-22)5-8-20-2;;/h3-4,9,12-14,16,20H,5-8,10-11H2,1-2H3;2*1H. The molecule has 1 fully saturated rings. The zero-order valence-electron chi connectivity index (χ0n) is 15.4. The zero-order chi connectivity index (χ0) is 16.9. The average molecular weight is 399 g/mol. The van der Waals surface area contributed by atoms with Gasteiger partial charge in [-0.1, -0.05) is 11.6 Å². The van der Waals surface area contributed by atoms with E-state index in [9.17, 15) is 4.79 Å². The summed E-state index contributed by atoms with van der Waals surface area (Å²) in [7, 11) is 1.99. The second-order valence-corrected chi connectivity index (χ2v) is 6.62. The van der Waals surface area contributed by atoms with E-state index in [0.717, 1.165) is 55.2 Å². The summed E-state index contributed by atoms with van der Waals surface area (Å²) < 4.78 is 1.91. The summed E-state index contributed by atoms with van der Waals surface area (Å²) in [4.78, 5) is 19.2. The number of amides is 1. The average Bonchev–Trinajstić information content (AvgIpc) is 3.14. The molecule has 0 unspecified atom stereocenters. The zero-order valence-corrected chi connectivity index (χ0v) is 17.0. The highest BCUT2D eigenvalue weighted by Crippen LogP contribution is 2.24. The first kappa shape index (κ1) is 22.5. The van der Waals surface area contributed by atoms with Crippen molar-refractivity contribution in [1.82, 2.24) is 19.8 Å². The quantitative estimate of drug-likeness (QED) is 0.838. The van der Waals surface area contributed by atoms with Crippen molar-refractivity contribution in [3.05, 3.63) is 48.0 Å². The van der Waals surface area contributed by atoms with Gasteiger partial charge in [0.15, 0.2) is 0 Å². The molecule has 1 aliphatic rings. The van der Waals surface area contributed by atoms with E-state index < -0.39 is 0 Å². The predicted octanol–water partition coefficient (Wildman–Crippen LogP) is 3.49. The van der Waals surface area contributed by atoms with Crippen LogP contribution in [-0.4, -0.2) is 47.0 Å². The van der Waals surface area contributed by atoms with E-state index >= 15 is 0 Å². The maximum absolute atomic E-state index is 13.1. The number of nitrogens with zero attached hydrogens (tertiary/aromatic N) is 3. The molecule has 1 aliphatic heterocycles. The Morgan fingerprint density at radius 2 is 2.00 bits per heavy atom. The summed E-state index contributed by atoms with van der Waals surface area (Å²) in [6.07, 6.45) is 8.75. The molecule has 144 valence electrons. The lowest BCUT2D eigenvalue weighted by atomic mass is 9.93. The van der Waals surface area contributed by atoms with E-state index in [1.807, 2.05) is 47.8 Å². The molecule has 1 aromatic carbocycles. The number of aromatic nitrogens is 2. The number of nitrogens with one attached hydrogen (secondary N) is 1. The van der Waals surface area contributed by atoms with Crippen molar-refractivity contribution in [3.63, 3.8) is 0 Å². The number of hydrogen-bond donors (Lipinski definition) is 1. The number of carbonyl (C=O) groups excluding carboxylic acids is 1. The SMILES string of the molecule is CNCCC1CCN(C(=O)c2cc(C)ccc2-n2ccnc2)CC1.Cl.Cl. The molecule has 1 N–H and O–H groups in total. The minimum atomic E-state index is 0. The molecule has 0 spiro atoms. The molecular formula is C19H28Cl2N4O. The van der Waals surface area contributed by atoms with Crippen molar-refractivity contribution >= 4 is 30.7 Å². The number of halogens is 2. The number of rotatable bonds is 5. The van der Waals surface area contributed by atoms with E-state index in [2.05, 4.69) is 10.3 Å². The number of imidazole rings is 1. The molecule has 5 nitrogen and oxygen atoms in total. The summed E-state index contributed by atoms with van der Waals surface area (Å²) in [6.45, 7) is 4.79. The molecular weight excluding hydrogens is 371 g/mol. The van der Waals surface area contributed by atoms with Gasteiger partial charge in [-0.2, -0.15) is 0 Å². The number of piperidine rings is 1. The van der Waals surface area contributed by atoms with E-state index in [1.165, 1.54) is 6.42 Å². The Bertz CT molecular complexity index is 683. The first-order valence-corrected chi connectivity index (χ1v) is 8.72. The fraction of sp³-hybridized carbons (Fsp3) is 0.474. The lowest BCUT2D eigenvalue weighted by Gasteiger charge is -2.32. The summed E-state index contributed by atoms with van der Waals surface area (Å²) >= 11 is 0. The van der Waals surface area contributed by atoms with Crippen LogP contribution in [-0.2, 0) is 0 Å². The number of aryl methyl sites for hydroxylation is 1. The number of likely N-dealkylation sites (tertiary alicyclic amines) is 1. The van der Waals surface area contributed by atoms with Crippen LogP contribution in [0, 0.1) is 12.8 Å². The first-order chi connectivity index (χ1) is 11.7. The van der Waals surface area contributed by atoms with Gasteiger partial charge in [0.25, 0.3) is 5.91 Å². The van der Waals surface area contributed by atoms with Crippen LogP contribution < -0.4 is 5.32 Å². The third kappa shape index (κ3) is 5.22. The topological polar surface area (TPSA) is 50.2 Å². The van der Waals surface area contributed by atoms with Crippen molar-refractivity contribution in [2.45, 2.75) is 26.2 Å². The summed E-state index contributed by atoms with van der Waals surface area (Å²) in [6, 6.07) is 6.03. The van der Waals surface area contributed by atoms with Gasteiger partial charge in [0.1, 0.15) is 0 Å². The molecule has 3 rings (SSSR count). The van der Waals surface area contributed by atoms with Crippen LogP contribution in [0.15, 0.2) is 36.9 Å². The molecule has 2 heterocycles. The normalized spacial score (nSPS) is 14.5. The Labute approximate surface area is 168 Å². The van der Waals surface area contributed by atoms with Gasteiger partial charge in [0.05, 0.1) is 17.6 Å². The van der Waals surface area contributed by atoms with Crippen LogP contribution in [0.2, 0.25) is 0 Å². The molecule has 1 aromatic heterocycles. The second kappa shape index (κ2) is 10.6. The van der Waals surface area contributed by atoms with Gasteiger partial charge in [0.2, 0.25) is 0 Å². The van der Waals surface area contributed by atoms with Crippen molar-refractivity contribution in [1.29, 1.82) is 0 Å². The Balaban J connectivity index is 0.00000169. The van der Waals surface area contributed by atoms with Crippen molar-refractivity contribution in [3.8, 4) is 5.69 Å². The molecule has 0 saturated carbocycles. The largest absolute Gasteiger partial charge is 0.339 e. The molecule has 26 heavy (non-hydrogen) atoms. The number of carbonyl (C=O) groups is 1. The summed E-state index contributed by atoms with van der Waals surface area (Å²) in [5.41, 5.74) is 2.77. The lowest BCUT2D eigenvalue weighted by Crippen LogP contribution is -2.39. The Morgan fingerprint density at radius 3 is 2.62 bits per heavy atom. The molecule has 7 heteroatoms. The Kier molecular flexibility index (Phi) is 9.13. The third-order valence-corrected chi connectivity index (χ3v) is 4.87. The van der Waals surface area contributed by atoms with Crippen molar-refractivity contribution in [2.24, 2.45) is 5.92 Å². The van der Waals surface area contributed by atoms with Gasteiger partial charge >= 0.3 is 0 Å². The molecule has 1 saturated heterocycles. The smallest absolute Gasteiger partial charge is 0.255 e. The Hall–Kier alpha value is -1.56. The van der Waals surface area contributed by atoms with Gasteiger partial charge in [-0.3, -0.25) is 4.79 Å². The minimum Gasteiger partial charge on any atom is -0.339 e. The second-order valence-electron chi connectivity index (χ2n) is 6.62. The van der Waals surface area contributed by atoms with E-state index in [1.54, 1.807) is 12.5 Å². The van der Waals surface area contributed by atoms with Gasteiger partial charge in [0, 0.05) is 25.5 Å². The van der Waals surface area contributed by atoms with E-state index in [-0.39, 0.29) is 30.7 Å². The van der Waals surface area contributed by atoms with Crippen LogP contribution in [0.5, 0.6) is 0 Å². The van der Waals surface area contributed by atoms with Gasteiger partial charge in [-0.15, -0.1) is 24.8 Å². The highest BCUT2D eigenvalue weighted by Gasteiger charge is 2.25. The van der Waals surface area contributed by atoms with Crippen LogP contribution in [0.25, 0.3) is 5.69 Å². The molecule has 0 atom stereocenters. The Morgan fingerprint density at radius 1 is 1.27 bits per heavy atom. The molecule has 0 aliphatic carbocycles. The molecule has 0 radical (unpaired) electrons. The fourth-order valence-electron chi connectivity index (χ4n) is 3.39. The van der Waals surface area contributed by atoms with E-state index in [4.69, 9.17) is 0 Å². The molecule has 2 aromatic rings. The highest BCUT2D eigenvalue weighted by atomic mass is 35.5. The number of hydrogen-bond acceptors (Lipinski definition) is 3. The molecule has 1 amide bonds. The minimum absolute atomic E-state index is 0. The fourth-order valence-corrected chi connectivity index (χ4v) is 3.39. The van der Waals surface area contributed by atoms with Gasteiger partial charge < -0.3 is 14.8 Å². The maximum atomic E-state index is 13.1. The predicted molar refractivity (Wildman–Crippen MR) is 110 cm³/mol. The highest BCUT2D eigenvalue weighted by molar-refractivity contribution is 5.98. The monoisotopic (exact) mass is 398 g/mol. The van der Waals surface area contributed by atoms with Crippen LogP contribution in [0.1, 0.15) is 35.2 Å². The number of benzene rings is 1. The van der Waals surface area contributed by atoms with Crippen LogP contribution in [0.3, 0.4) is 0 Å². The summed E-state index contributed by atoms with van der Waals surface area (Å²) in [5.74, 6) is 0.863.